The molecule has 1 aliphatic rings. The summed E-state index contributed by atoms with van der Waals surface area (Å²) in [6.07, 6.45) is 0.436. The molecular formula is C16H18N4O3. The van der Waals surface area contributed by atoms with Gasteiger partial charge in [0.05, 0.1) is 5.39 Å². The highest BCUT2D eigenvalue weighted by molar-refractivity contribution is 5.99. The van der Waals surface area contributed by atoms with E-state index in [4.69, 9.17) is 0 Å². The number of piperidine rings is 1. The van der Waals surface area contributed by atoms with Gasteiger partial charge >= 0.3 is 0 Å². The van der Waals surface area contributed by atoms with Crippen molar-refractivity contribution in [1.82, 2.24) is 20.3 Å². The Kier molecular flexibility index (Phi) is 3.50. The molecule has 1 aliphatic heterocycles. The molecule has 0 aliphatic carbocycles. The Labute approximate surface area is 132 Å². The first kappa shape index (κ1) is 15.3. The quantitative estimate of drug-likeness (QED) is 0.795. The van der Waals surface area contributed by atoms with Crippen molar-refractivity contribution < 1.29 is 9.59 Å². The van der Waals surface area contributed by atoms with Crippen molar-refractivity contribution in [2.75, 3.05) is 0 Å². The van der Waals surface area contributed by atoms with E-state index >= 15 is 0 Å². The molecule has 2 heterocycles. The lowest BCUT2D eigenvalue weighted by Gasteiger charge is -2.23. The van der Waals surface area contributed by atoms with Crippen molar-refractivity contribution >= 4 is 22.7 Å². The third kappa shape index (κ3) is 2.62. The van der Waals surface area contributed by atoms with E-state index in [-0.39, 0.29) is 29.7 Å². The molecule has 1 fully saturated rings. The van der Waals surface area contributed by atoms with Gasteiger partial charge in [0, 0.05) is 6.42 Å². The van der Waals surface area contributed by atoms with Gasteiger partial charge in [-0.2, -0.15) is 4.68 Å². The van der Waals surface area contributed by atoms with Crippen LogP contribution < -0.4 is 10.9 Å². The van der Waals surface area contributed by atoms with E-state index in [1.54, 1.807) is 6.07 Å². The molecule has 1 saturated heterocycles. The van der Waals surface area contributed by atoms with Gasteiger partial charge < -0.3 is 0 Å². The molecule has 1 unspecified atom stereocenters. The number of amides is 2. The topological polar surface area (TPSA) is 93.9 Å². The normalized spacial score (nSPS) is 19.0. The van der Waals surface area contributed by atoms with Gasteiger partial charge in [-0.1, -0.05) is 38.1 Å². The van der Waals surface area contributed by atoms with Crippen LogP contribution in [0.25, 0.3) is 10.9 Å². The van der Waals surface area contributed by atoms with Crippen LogP contribution in [0.1, 0.15) is 45.2 Å². The van der Waals surface area contributed by atoms with Gasteiger partial charge in [-0.3, -0.25) is 19.7 Å². The zero-order valence-electron chi connectivity index (χ0n) is 13.3. The van der Waals surface area contributed by atoms with Crippen molar-refractivity contribution in [3.05, 3.63) is 34.1 Å². The van der Waals surface area contributed by atoms with Gasteiger partial charge in [-0.25, -0.2) is 0 Å². The molecule has 0 radical (unpaired) electrons. The van der Waals surface area contributed by atoms with Gasteiger partial charge in [0.25, 0.3) is 11.5 Å². The molecule has 7 heteroatoms. The lowest BCUT2D eigenvalue weighted by molar-refractivity contribution is -0.136. The zero-order valence-corrected chi connectivity index (χ0v) is 13.3. The van der Waals surface area contributed by atoms with E-state index in [9.17, 15) is 14.4 Å². The van der Waals surface area contributed by atoms with Crippen LogP contribution in [0.15, 0.2) is 23.0 Å². The van der Waals surface area contributed by atoms with Crippen LogP contribution in [0.5, 0.6) is 0 Å². The molecule has 2 aromatic rings. The molecular weight excluding hydrogens is 296 g/mol. The summed E-state index contributed by atoms with van der Waals surface area (Å²) in [5.74, 6) is -0.839. The van der Waals surface area contributed by atoms with Crippen molar-refractivity contribution in [2.45, 2.75) is 45.1 Å². The Morgan fingerprint density at radius 2 is 1.96 bits per heavy atom. The van der Waals surface area contributed by atoms with Crippen LogP contribution in [-0.2, 0) is 15.0 Å². The third-order valence-electron chi connectivity index (χ3n) is 4.03. The number of carbonyl (C=O) groups excluding carboxylic acids is 2. The number of carbonyl (C=O) groups is 2. The molecule has 120 valence electrons. The first-order chi connectivity index (χ1) is 10.8. The largest absolute Gasteiger partial charge is 0.295 e. The Hall–Kier alpha value is -2.57. The second-order valence-electron chi connectivity index (χ2n) is 6.76. The van der Waals surface area contributed by atoms with Crippen molar-refractivity contribution in [3.63, 3.8) is 0 Å². The van der Waals surface area contributed by atoms with Crippen LogP contribution in [-0.4, -0.2) is 26.8 Å². The lowest BCUT2D eigenvalue weighted by Crippen LogP contribution is -2.45. The van der Waals surface area contributed by atoms with E-state index in [0.717, 1.165) is 10.2 Å². The molecule has 1 N–H and O–H groups in total. The van der Waals surface area contributed by atoms with E-state index < -0.39 is 11.9 Å². The van der Waals surface area contributed by atoms with E-state index in [0.29, 0.717) is 10.9 Å². The summed E-state index contributed by atoms with van der Waals surface area (Å²) in [5.41, 5.74) is 0.765. The fourth-order valence-electron chi connectivity index (χ4n) is 2.84. The minimum absolute atomic E-state index is 0.184. The molecule has 1 atom stereocenters. The average molecular weight is 314 g/mol. The third-order valence-corrected chi connectivity index (χ3v) is 4.03. The lowest BCUT2D eigenvalue weighted by atomic mass is 9.85. The molecule has 7 nitrogen and oxygen atoms in total. The van der Waals surface area contributed by atoms with E-state index in [2.05, 4.69) is 15.6 Å². The van der Waals surface area contributed by atoms with Gasteiger partial charge in [0.1, 0.15) is 11.6 Å². The van der Waals surface area contributed by atoms with Crippen LogP contribution in [0.2, 0.25) is 0 Å². The number of fused-ring (bicyclic) bond motifs is 1. The van der Waals surface area contributed by atoms with Crippen LogP contribution >= 0.6 is 0 Å². The summed E-state index contributed by atoms with van der Waals surface area (Å²) < 4.78 is 1.10. The minimum Gasteiger partial charge on any atom is -0.295 e. The maximum Gasteiger partial charge on any atom is 0.278 e. The summed E-state index contributed by atoms with van der Waals surface area (Å²) in [4.78, 5) is 36.2. The second-order valence-corrected chi connectivity index (χ2v) is 6.76. The first-order valence-corrected chi connectivity index (χ1v) is 7.51. The second kappa shape index (κ2) is 5.26. The molecule has 0 bridgehead atoms. The fourth-order valence-corrected chi connectivity index (χ4v) is 2.84. The predicted octanol–water partition coefficient (Wildman–Crippen LogP) is 1.07. The standard InChI is InChI=1S/C16H18N4O3/c1-16(2,3)9-5-4-6-10-13(9)15(23)20(19-18-10)11-7-8-12(21)17-14(11)22/h4-6,11H,7-8H2,1-3H3,(H,17,21,22). The predicted molar refractivity (Wildman–Crippen MR) is 83.9 cm³/mol. The van der Waals surface area contributed by atoms with Crippen LogP contribution in [0.4, 0.5) is 0 Å². The summed E-state index contributed by atoms with van der Waals surface area (Å²) in [6.45, 7) is 6.04. The van der Waals surface area contributed by atoms with Gasteiger partial charge in [-0.05, 0) is 23.5 Å². The number of nitrogens with zero attached hydrogens (tertiary/aromatic N) is 3. The highest BCUT2D eigenvalue weighted by Crippen LogP contribution is 2.27. The van der Waals surface area contributed by atoms with E-state index in [1.165, 1.54) is 0 Å². The summed E-state index contributed by atoms with van der Waals surface area (Å²) >= 11 is 0. The maximum absolute atomic E-state index is 12.9. The van der Waals surface area contributed by atoms with Gasteiger partial charge in [0.2, 0.25) is 5.91 Å². The number of aromatic nitrogens is 3. The number of benzene rings is 1. The smallest absolute Gasteiger partial charge is 0.278 e. The Morgan fingerprint density at radius 1 is 1.22 bits per heavy atom. The maximum atomic E-state index is 12.9. The van der Waals surface area contributed by atoms with Crippen molar-refractivity contribution in [2.24, 2.45) is 0 Å². The molecule has 23 heavy (non-hydrogen) atoms. The highest BCUT2D eigenvalue weighted by Gasteiger charge is 2.31. The Morgan fingerprint density at radius 3 is 2.61 bits per heavy atom. The molecule has 1 aromatic carbocycles. The molecule has 0 spiro atoms. The molecule has 2 amide bonds. The fraction of sp³-hybridized carbons (Fsp3) is 0.438. The number of hydrogen-bond acceptors (Lipinski definition) is 5. The summed E-state index contributed by atoms with van der Waals surface area (Å²) in [7, 11) is 0. The zero-order chi connectivity index (χ0) is 16.8. The van der Waals surface area contributed by atoms with Gasteiger partial charge in [0.15, 0.2) is 0 Å². The Balaban J connectivity index is 2.21. The number of hydrogen-bond donors (Lipinski definition) is 1. The van der Waals surface area contributed by atoms with Crippen LogP contribution in [0.3, 0.4) is 0 Å². The SMILES string of the molecule is CC(C)(C)c1cccc2nnn(C3CCC(=O)NC3=O)c(=O)c12. The number of nitrogens with one attached hydrogen (secondary N) is 1. The van der Waals surface area contributed by atoms with Crippen molar-refractivity contribution in [3.8, 4) is 0 Å². The summed E-state index contributed by atoms with van der Waals surface area (Å²) in [5, 5.41) is 10.7. The first-order valence-electron chi connectivity index (χ1n) is 7.51. The minimum atomic E-state index is -0.801. The number of rotatable bonds is 1. The molecule has 1 aromatic heterocycles. The van der Waals surface area contributed by atoms with Gasteiger partial charge in [-0.15, -0.1) is 5.10 Å². The highest BCUT2D eigenvalue weighted by atomic mass is 16.2. The van der Waals surface area contributed by atoms with Crippen molar-refractivity contribution in [1.29, 1.82) is 0 Å². The van der Waals surface area contributed by atoms with Crippen LogP contribution in [0, 0.1) is 0 Å². The number of imide groups is 1. The monoisotopic (exact) mass is 314 g/mol. The summed E-state index contributed by atoms with van der Waals surface area (Å²) in [6, 6.07) is 4.66. The average Bonchev–Trinajstić information content (AvgIpc) is 2.47. The van der Waals surface area contributed by atoms with E-state index in [1.807, 2.05) is 32.9 Å². The Bertz CT molecular complexity index is 864. The molecule has 3 rings (SSSR count). The molecule has 0 saturated carbocycles.